The molecule has 1 saturated heterocycles. The summed E-state index contributed by atoms with van der Waals surface area (Å²) in [6.45, 7) is 3.19. The van der Waals surface area contributed by atoms with Crippen molar-refractivity contribution in [2.75, 3.05) is 13.1 Å². The van der Waals surface area contributed by atoms with Gasteiger partial charge < -0.3 is 0 Å². The van der Waals surface area contributed by atoms with E-state index in [9.17, 15) is 0 Å². The molecule has 1 aromatic carbocycles. The molecule has 0 aliphatic carbocycles. The maximum Gasteiger partial charge on any atom is 0.0548 e. The number of nitrogens with zero attached hydrogens (tertiary/aromatic N) is 3. The number of halogens is 1. The van der Waals surface area contributed by atoms with Crippen LogP contribution in [0.4, 0.5) is 0 Å². The number of hydrogen-bond acceptors (Lipinski definition) is 4. The van der Waals surface area contributed by atoms with E-state index in [1.807, 2.05) is 54.7 Å². The summed E-state index contributed by atoms with van der Waals surface area (Å²) < 4.78 is 0. The first-order chi connectivity index (χ1) is 11.8. The molecule has 3 nitrogen and oxygen atoms in total. The van der Waals surface area contributed by atoms with Gasteiger partial charge in [0, 0.05) is 53.4 Å². The van der Waals surface area contributed by atoms with Gasteiger partial charge in [0.05, 0.1) is 5.02 Å². The zero-order chi connectivity index (χ0) is 16.4. The third kappa shape index (κ3) is 3.56. The van der Waals surface area contributed by atoms with E-state index in [1.54, 1.807) is 0 Å². The number of thioether (sulfide) groups is 1. The minimum atomic E-state index is 0.582. The molecule has 1 atom stereocenters. The highest BCUT2D eigenvalue weighted by Gasteiger charge is 2.24. The number of rotatable bonds is 4. The maximum absolute atomic E-state index is 6.48. The molecule has 0 N–H and O–H groups in total. The fourth-order valence-electron chi connectivity index (χ4n) is 3.14. The molecule has 1 fully saturated rings. The van der Waals surface area contributed by atoms with Crippen LogP contribution in [0.15, 0.2) is 60.0 Å². The Hall–Kier alpha value is -1.62. The average Bonchev–Trinajstić information content (AvgIpc) is 3.03. The van der Waals surface area contributed by atoms with Crippen molar-refractivity contribution in [3.05, 3.63) is 65.7 Å². The second-order valence-electron chi connectivity index (χ2n) is 6.13. The Bertz CT molecular complexity index is 840. The van der Waals surface area contributed by atoms with Gasteiger partial charge in [0.1, 0.15) is 0 Å². The first-order valence-electron chi connectivity index (χ1n) is 8.09. The predicted octanol–water partition coefficient (Wildman–Crippen LogP) is 4.65. The molecule has 2 aromatic heterocycles. The molecule has 0 saturated carbocycles. The van der Waals surface area contributed by atoms with Gasteiger partial charge in [-0.15, -0.1) is 11.8 Å². The summed E-state index contributed by atoms with van der Waals surface area (Å²) in [6.07, 6.45) is 8.66. The lowest BCUT2D eigenvalue weighted by Crippen LogP contribution is -2.20. The van der Waals surface area contributed by atoms with E-state index >= 15 is 0 Å². The Kier molecular flexibility index (Phi) is 4.69. The zero-order valence-electron chi connectivity index (χ0n) is 13.2. The number of fused-ring (bicyclic) bond motifs is 1. The number of hydrogen-bond donors (Lipinski definition) is 0. The van der Waals surface area contributed by atoms with Crippen LogP contribution in [0.3, 0.4) is 0 Å². The molecular weight excluding hydrogens is 338 g/mol. The molecule has 3 aromatic rings. The van der Waals surface area contributed by atoms with Crippen molar-refractivity contribution in [1.29, 1.82) is 0 Å². The van der Waals surface area contributed by atoms with E-state index in [1.165, 1.54) is 22.3 Å². The summed E-state index contributed by atoms with van der Waals surface area (Å²) >= 11 is 8.37. The van der Waals surface area contributed by atoms with Crippen LogP contribution in [0, 0.1) is 0 Å². The van der Waals surface area contributed by atoms with Gasteiger partial charge in [-0.05, 0) is 48.2 Å². The highest BCUT2D eigenvalue weighted by Crippen LogP contribution is 2.36. The fourth-order valence-corrected chi connectivity index (χ4v) is 4.68. The van der Waals surface area contributed by atoms with Gasteiger partial charge in [0.25, 0.3) is 0 Å². The minimum absolute atomic E-state index is 0.582. The molecule has 1 aliphatic rings. The number of benzene rings is 1. The van der Waals surface area contributed by atoms with Crippen molar-refractivity contribution in [3.63, 3.8) is 0 Å². The van der Waals surface area contributed by atoms with E-state index in [0.29, 0.717) is 5.25 Å². The van der Waals surface area contributed by atoms with Gasteiger partial charge in [-0.3, -0.25) is 14.9 Å². The van der Waals surface area contributed by atoms with Crippen molar-refractivity contribution in [1.82, 2.24) is 14.9 Å². The Labute approximate surface area is 151 Å². The lowest BCUT2D eigenvalue weighted by Gasteiger charge is -2.16. The van der Waals surface area contributed by atoms with Gasteiger partial charge in [0.2, 0.25) is 0 Å². The second-order valence-corrected chi connectivity index (χ2v) is 7.88. The largest absolute Gasteiger partial charge is 0.298 e. The quantitative estimate of drug-likeness (QED) is 0.681. The van der Waals surface area contributed by atoms with Crippen molar-refractivity contribution in [2.24, 2.45) is 0 Å². The van der Waals surface area contributed by atoms with Gasteiger partial charge >= 0.3 is 0 Å². The molecule has 1 aliphatic heterocycles. The highest BCUT2D eigenvalue weighted by molar-refractivity contribution is 8.00. The third-order valence-electron chi connectivity index (χ3n) is 4.34. The van der Waals surface area contributed by atoms with Crippen molar-refractivity contribution in [2.45, 2.75) is 23.1 Å². The monoisotopic (exact) mass is 355 g/mol. The normalized spacial score (nSPS) is 18.3. The Morgan fingerprint density at radius 3 is 2.92 bits per heavy atom. The summed E-state index contributed by atoms with van der Waals surface area (Å²) in [6, 6.07) is 10.4. The molecule has 0 spiro atoms. The summed E-state index contributed by atoms with van der Waals surface area (Å²) in [4.78, 5) is 12.0. The van der Waals surface area contributed by atoms with E-state index in [2.05, 4.69) is 27.0 Å². The van der Waals surface area contributed by atoms with Crippen LogP contribution in [-0.4, -0.2) is 33.2 Å². The van der Waals surface area contributed by atoms with E-state index < -0.39 is 0 Å². The summed E-state index contributed by atoms with van der Waals surface area (Å²) in [5.41, 5.74) is 1.28. The lowest BCUT2D eigenvalue weighted by molar-refractivity contribution is 0.332. The number of likely N-dealkylation sites (tertiary alicyclic amines) is 1. The molecule has 0 radical (unpaired) electrons. The van der Waals surface area contributed by atoms with Crippen LogP contribution in [0.5, 0.6) is 0 Å². The van der Waals surface area contributed by atoms with Gasteiger partial charge in [-0.1, -0.05) is 17.7 Å². The van der Waals surface area contributed by atoms with Crippen LogP contribution in [0.1, 0.15) is 12.0 Å². The third-order valence-corrected chi connectivity index (χ3v) is 6.08. The van der Waals surface area contributed by atoms with Crippen LogP contribution in [0.2, 0.25) is 5.02 Å². The SMILES string of the molecule is Clc1cc2cnccc2cc1S[C@H]1CCN(Cc2cccnc2)C1. The Morgan fingerprint density at radius 1 is 1.12 bits per heavy atom. The number of pyridine rings is 2. The predicted molar refractivity (Wildman–Crippen MR) is 101 cm³/mol. The van der Waals surface area contributed by atoms with E-state index in [-0.39, 0.29) is 0 Å². The van der Waals surface area contributed by atoms with Crippen molar-refractivity contribution >= 4 is 34.1 Å². The van der Waals surface area contributed by atoms with Crippen LogP contribution in [-0.2, 0) is 6.54 Å². The lowest BCUT2D eigenvalue weighted by atomic mass is 10.2. The molecule has 122 valence electrons. The Morgan fingerprint density at radius 2 is 2.04 bits per heavy atom. The fraction of sp³-hybridized carbons (Fsp3) is 0.263. The van der Waals surface area contributed by atoms with Gasteiger partial charge in [0.15, 0.2) is 0 Å². The van der Waals surface area contributed by atoms with Crippen molar-refractivity contribution in [3.8, 4) is 0 Å². The Balaban J connectivity index is 1.44. The molecule has 24 heavy (non-hydrogen) atoms. The second kappa shape index (κ2) is 7.09. The van der Waals surface area contributed by atoms with Gasteiger partial charge in [-0.2, -0.15) is 0 Å². The minimum Gasteiger partial charge on any atom is -0.298 e. The topological polar surface area (TPSA) is 29.0 Å². The standard InChI is InChI=1S/C19H18ClN3S/c20-18-8-16-11-22-6-3-15(16)9-19(18)24-17-4-7-23(13-17)12-14-2-1-5-21-10-14/h1-3,5-6,8-11,17H,4,7,12-13H2/t17-/m0/s1. The molecule has 0 bridgehead atoms. The maximum atomic E-state index is 6.48. The highest BCUT2D eigenvalue weighted by atomic mass is 35.5. The molecular formula is C19H18ClN3S. The average molecular weight is 356 g/mol. The van der Waals surface area contributed by atoms with E-state index in [0.717, 1.165) is 30.0 Å². The van der Waals surface area contributed by atoms with Crippen LogP contribution < -0.4 is 0 Å². The molecule has 0 amide bonds. The summed E-state index contributed by atoms with van der Waals surface area (Å²) in [5.74, 6) is 0. The van der Waals surface area contributed by atoms with Crippen LogP contribution in [0.25, 0.3) is 10.8 Å². The van der Waals surface area contributed by atoms with Crippen molar-refractivity contribution < 1.29 is 0 Å². The smallest absolute Gasteiger partial charge is 0.0548 e. The molecule has 0 unspecified atom stereocenters. The zero-order valence-corrected chi connectivity index (χ0v) is 14.8. The summed E-state index contributed by atoms with van der Waals surface area (Å²) in [5, 5.41) is 3.70. The molecule has 3 heterocycles. The number of aromatic nitrogens is 2. The van der Waals surface area contributed by atoms with Crippen LogP contribution >= 0.6 is 23.4 Å². The molecule has 4 rings (SSSR count). The summed E-state index contributed by atoms with van der Waals surface area (Å²) in [7, 11) is 0. The van der Waals surface area contributed by atoms with E-state index in [4.69, 9.17) is 11.6 Å². The first-order valence-corrected chi connectivity index (χ1v) is 9.35. The first kappa shape index (κ1) is 15.9. The van der Waals surface area contributed by atoms with Gasteiger partial charge in [-0.25, -0.2) is 0 Å². The molecule has 5 heteroatoms.